The third-order valence-electron chi connectivity index (χ3n) is 4.15. The first-order valence-electron chi connectivity index (χ1n) is 7.76. The highest BCUT2D eigenvalue weighted by atomic mass is 16.4. The Bertz CT molecular complexity index is 352. The number of aliphatic hydroxyl groups excluding tert-OH is 1. The molecular formula is C15H28N2O4. The molecule has 0 aromatic rings. The monoisotopic (exact) mass is 300 g/mol. The van der Waals surface area contributed by atoms with Crippen LogP contribution in [-0.2, 0) is 4.79 Å². The van der Waals surface area contributed by atoms with Crippen molar-refractivity contribution in [3.05, 3.63) is 0 Å². The van der Waals surface area contributed by atoms with Crippen molar-refractivity contribution in [1.29, 1.82) is 0 Å². The fourth-order valence-corrected chi connectivity index (χ4v) is 3.31. The summed E-state index contributed by atoms with van der Waals surface area (Å²) in [4.78, 5) is 22.8. The molecule has 0 aliphatic heterocycles. The molecule has 0 bridgehead atoms. The van der Waals surface area contributed by atoms with E-state index in [9.17, 15) is 9.59 Å². The van der Waals surface area contributed by atoms with Crippen molar-refractivity contribution in [1.82, 2.24) is 10.6 Å². The second-order valence-electron chi connectivity index (χ2n) is 6.54. The maximum atomic E-state index is 11.9. The van der Waals surface area contributed by atoms with Crippen LogP contribution in [0, 0.1) is 11.3 Å². The fourth-order valence-electron chi connectivity index (χ4n) is 3.31. The van der Waals surface area contributed by atoms with Crippen LogP contribution in [0.5, 0.6) is 0 Å². The predicted molar refractivity (Wildman–Crippen MR) is 80.0 cm³/mol. The van der Waals surface area contributed by atoms with Crippen LogP contribution in [0.15, 0.2) is 0 Å². The van der Waals surface area contributed by atoms with Gasteiger partial charge in [-0.2, -0.15) is 0 Å². The van der Waals surface area contributed by atoms with Gasteiger partial charge in [0, 0.05) is 19.6 Å². The summed E-state index contributed by atoms with van der Waals surface area (Å²) in [6, 6.07) is -1.51. The number of carbonyl (C=O) groups excluding carboxylic acids is 1. The molecule has 0 radical (unpaired) electrons. The number of carboxylic acid groups (broad SMARTS) is 1. The minimum atomic E-state index is -1.13. The van der Waals surface area contributed by atoms with E-state index in [0.29, 0.717) is 12.5 Å². The highest BCUT2D eigenvalue weighted by molar-refractivity contribution is 5.82. The van der Waals surface area contributed by atoms with Crippen molar-refractivity contribution in [3.8, 4) is 0 Å². The summed E-state index contributed by atoms with van der Waals surface area (Å²) in [6.07, 6.45) is 5.71. The number of amides is 2. The molecule has 0 spiro atoms. The van der Waals surface area contributed by atoms with E-state index in [2.05, 4.69) is 24.5 Å². The highest BCUT2D eigenvalue weighted by Crippen LogP contribution is 2.42. The van der Waals surface area contributed by atoms with Gasteiger partial charge in [0.25, 0.3) is 0 Å². The van der Waals surface area contributed by atoms with Gasteiger partial charge in [0.15, 0.2) is 0 Å². The molecule has 6 nitrogen and oxygen atoms in total. The molecule has 0 heterocycles. The number of hydrogen-bond donors (Lipinski definition) is 4. The zero-order chi connectivity index (χ0) is 15.9. The fraction of sp³-hybridized carbons (Fsp3) is 0.867. The van der Waals surface area contributed by atoms with Crippen LogP contribution >= 0.6 is 0 Å². The van der Waals surface area contributed by atoms with Crippen molar-refractivity contribution >= 4 is 12.0 Å². The van der Waals surface area contributed by atoms with Gasteiger partial charge < -0.3 is 20.8 Å². The molecule has 2 amide bonds. The van der Waals surface area contributed by atoms with Crippen LogP contribution in [0.3, 0.4) is 0 Å². The highest BCUT2D eigenvalue weighted by Gasteiger charge is 2.34. The van der Waals surface area contributed by atoms with Gasteiger partial charge in [-0.1, -0.05) is 26.7 Å². The number of rotatable bonds is 8. The lowest BCUT2D eigenvalue weighted by atomic mass is 9.78. The SMILES string of the molecule is CC(C)CC1(CNC(=O)N[C@@H](CCO)C(=O)O)CCCC1. The first kappa shape index (κ1) is 17.8. The molecule has 0 saturated heterocycles. The molecule has 1 fully saturated rings. The molecule has 1 aliphatic carbocycles. The van der Waals surface area contributed by atoms with Crippen LogP contribution in [0.2, 0.25) is 0 Å². The van der Waals surface area contributed by atoms with Crippen molar-refractivity contribution < 1.29 is 19.8 Å². The van der Waals surface area contributed by atoms with Gasteiger partial charge in [-0.15, -0.1) is 0 Å². The molecule has 4 N–H and O–H groups in total. The largest absolute Gasteiger partial charge is 0.480 e. The van der Waals surface area contributed by atoms with Crippen molar-refractivity contribution in [2.24, 2.45) is 11.3 Å². The van der Waals surface area contributed by atoms with E-state index in [0.717, 1.165) is 19.3 Å². The van der Waals surface area contributed by atoms with Gasteiger partial charge in [-0.25, -0.2) is 9.59 Å². The molecule has 6 heteroatoms. The average molecular weight is 300 g/mol. The zero-order valence-corrected chi connectivity index (χ0v) is 13.0. The molecule has 1 aliphatic rings. The summed E-state index contributed by atoms with van der Waals surface area (Å²) in [7, 11) is 0. The van der Waals surface area contributed by atoms with Crippen LogP contribution in [0.4, 0.5) is 4.79 Å². The Morgan fingerprint density at radius 2 is 1.86 bits per heavy atom. The van der Waals surface area contributed by atoms with Crippen LogP contribution in [-0.4, -0.2) is 41.4 Å². The molecule has 1 atom stereocenters. The predicted octanol–water partition coefficient (Wildman–Crippen LogP) is 1.73. The third-order valence-corrected chi connectivity index (χ3v) is 4.15. The van der Waals surface area contributed by atoms with E-state index in [-0.39, 0.29) is 18.4 Å². The first-order valence-corrected chi connectivity index (χ1v) is 7.76. The minimum absolute atomic E-state index is 0.0138. The molecule has 122 valence electrons. The number of carbonyl (C=O) groups is 2. The second-order valence-corrected chi connectivity index (χ2v) is 6.54. The van der Waals surface area contributed by atoms with E-state index in [4.69, 9.17) is 10.2 Å². The zero-order valence-electron chi connectivity index (χ0n) is 13.0. The van der Waals surface area contributed by atoms with Gasteiger partial charge in [-0.3, -0.25) is 0 Å². The molecule has 1 saturated carbocycles. The Labute approximate surface area is 126 Å². The van der Waals surface area contributed by atoms with E-state index < -0.39 is 18.0 Å². The Kier molecular flexibility index (Phi) is 6.95. The van der Waals surface area contributed by atoms with Crippen LogP contribution in [0.1, 0.15) is 52.4 Å². The standard InChI is InChI=1S/C15H28N2O4/c1-11(2)9-15(6-3-4-7-15)10-16-14(21)17-12(5-8-18)13(19)20/h11-12,18H,3-10H2,1-2H3,(H,19,20)(H2,16,17,21)/t12-/m0/s1. The van der Waals surface area contributed by atoms with Crippen LogP contribution < -0.4 is 10.6 Å². The maximum Gasteiger partial charge on any atom is 0.326 e. The lowest BCUT2D eigenvalue weighted by Crippen LogP contribution is -2.48. The number of carboxylic acids is 1. The number of aliphatic hydroxyl groups is 1. The van der Waals surface area contributed by atoms with Gasteiger partial charge in [0.2, 0.25) is 0 Å². The van der Waals surface area contributed by atoms with E-state index in [1.54, 1.807) is 0 Å². The minimum Gasteiger partial charge on any atom is -0.480 e. The Morgan fingerprint density at radius 3 is 2.33 bits per heavy atom. The second kappa shape index (κ2) is 8.22. The summed E-state index contributed by atoms with van der Waals surface area (Å²) in [5.74, 6) is -0.550. The van der Waals surface area contributed by atoms with Gasteiger partial charge in [0.05, 0.1) is 0 Å². The molecular weight excluding hydrogens is 272 g/mol. The topological polar surface area (TPSA) is 98.7 Å². The first-order chi connectivity index (χ1) is 9.88. The summed E-state index contributed by atoms with van der Waals surface area (Å²) in [5.41, 5.74) is 0.154. The molecule has 0 aromatic carbocycles. The third kappa shape index (κ3) is 5.91. The van der Waals surface area contributed by atoms with E-state index in [1.807, 2.05) is 0 Å². The Hall–Kier alpha value is -1.30. The normalized spacial score (nSPS) is 18.5. The molecule has 21 heavy (non-hydrogen) atoms. The smallest absolute Gasteiger partial charge is 0.326 e. The number of urea groups is 1. The van der Waals surface area contributed by atoms with Crippen LogP contribution in [0.25, 0.3) is 0 Å². The van der Waals surface area contributed by atoms with E-state index in [1.165, 1.54) is 12.8 Å². The summed E-state index contributed by atoms with van der Waals surface area (Å²) in [5, 5.41) is 23.0. The van der Waals surface area contributed by atoms with Gasteiger partial charge in [0.1, 0.15) is 6.04 Å². The number of aliphatic carboxylic acids is 1. The van der Waals surface area contributed by atoms with Crippen molar-refractivity contribution in [2.75, 3.05) is 13.2 Å². The average Bonchev–Trinajstić information content (AvgIpc) is 2.84. The Morgan fingerprint density at radius 1 is 1.24 bits per heavy atom. The number of hydrogen-bond acceptors (Lipinski definition) is 3. The van der Waals surface area contributed by atoms with Gasteiger partial charge >= 0.3 is 12.0 Å². The van der Waals surface area contributed by atoms with Crippen molar-refractivity contribution in [3.63, 3.8) is 0 Å². The lowest BCUT2D eigenvalue weighted by Gasteiger charge is -2.31. The summed E-state index contributed by atoms with van der Waals surface area (Å²) >= 11 is 0. The quantitative estimate of drug-likeness (QED) is 0.548. The Balaban J connectivity index is 2.48. The summed E-state index contributed by atoms with van der Waals surface area (Å²) < 4.78 is 0. The summed E-state index contributed by atoms with van der Waals surface area (Å²) in [6.45, 7) is 4.68. The molecule has 0 aromatic heterocycles. The van der Waals surface area contributed by atoms with Gasteiger partial charge in [-0.05, 0) is 30.6 Å². The molecule has 0 unspecified atom stereocenters. The lowest BCUT2D eigenvalue weighted by molar-refractivity contribution is -0.139. The molecule has 1 rings (SSSR count). The van der Waals surface area contributed by atoms with Crippen molar-refractivity contribution in [2.45, 2.75) is 58.4 Å². The maximum absolute atomic E-state index is 11.9. The number of nitrogens with one attached hydrogen (secondary N) is 2. The van der Waals surface area contributed by atoms with E-state index >= 15 is 0 Å².